The molecule has 5 heteroatoms. The lowest BCUT2D eigenvalue weighted by atomic mass is 10.1. The zero-order valence-electron chi connectivity index (χ0n) is 8.63. The molecule has 16 heavy (non-hydrogen) atoms. The maximum absolute atomic E-state index is 13.0. The van der Waals surface area contributed by atoms with Gasteiger partial charge in [0, 0.05) is 17.4 Å². The molecule has 0 spiro atoms. The molecule has 0 unspecified atom stereocenters. The fourth-order valence-corrected chi connectivity index (χ4v) is 2.38. The number of benzene rings is 1. The number of hydrogen-bond donors (Lipinski definition) is 1. The first-order valence-corrected chi connectivity index (χ1v) is 5.53. The summed E-state index contributed by atoms with van der Waals surface area (Å²) in [5.41, 5.74) is 6.95. The molecule has 0 aliphatic heterocycles. The highest BCUT2D eigenvalue weighted by Crippen LogP contribution is 2.23. The molecule has 1 aromatic carbocycles. The number of anilines is 1. The van der Waals surface area contributed by atoms with E-state index in [0.717, 1.165) is 16.6 Å². The molecule has 0 bridgehead atoms. The minimum atomic E-state index is -0.565. The minimum Gasteiger partial charge on any atom is -0.375 e. The van der Waals surface area contributed by atoms with Crippen LogP contribution in [0.15, 0.2) is 18.2 Å². The Kier molecular flexibility index (Phi) is 2.87. The van der Waals surface area contributed by atoms with Gasteiger partial charge in [0.05, 0.1) is 5.69 Å². The van der Waals surface area contributed by atoms with Crippen molar-refractivity contribution in [2.45, 2.75) is 13.3 Å². The van der Waals surface area contributed by atoms with Crippen LogP contribution in [-0.4, -0.2) is 4.98 Å². The van der Waals surface area contributed by atoms with E-state index in [1.54, 1.807) is 0 Å². The summed E-state index contributed by atoms with van der Waals surface area (Å²) in [7, 11) is 0. The molecule has 0 fully saturated rings. The van der Waals surface area contributed by atoms with Crippen LogP contribution >= 0.6 is 11.3 Å². The Balaban J connectivity index is 2.30. The van der Waals surface area contributed by atoms with E-state index in [1.807, 2.05) is 6.92 Å². The molecule has 0 radical (unpaired) electrons. The van der Waals surface area contributed by atoms with Gasteiger partial charge in [-0.05, 0) is 24.6 Å². The second-order valence-corrected chi connectivity index (χ2v) is 4.63. The molecule has 0 atom stereocenters. The number of aromatic nitrogens is 1. The van der Waals surface area contributed by atoms with Crippen LogP contribution in [-0.2, 0) is 6.42 Å². The Morgan fingerprint density at radius 3 is 2.38 bits per heavy atom. The molecular weight excluding hydrogens is 230 g/mol. The molecule has 0 aliphatic carbocycles. The second kappa shape index (κ2) is 4.17. The van der Waals surface area contributed by atoms with Crippen molar-refractivity contribution in [1.29, 1.82) is 0 Å². The molecule has 84 valence electrons. The van der Waals surface area contributed by atoms with Crippen LogP contribution in [0.25, 0.3) is 0 Å². The van der Waals surface area contributed by atoms with Gasteiger partial charge in [0.25, 0.3) is 0 Å². The number of thiazole rings is 1. The van der Waals surface area contributed by atoms with E-state index in [9.17, 15) is 8.78 Å². The molecule has 2 aromatic rings. The first-order chi connectivity index (χ1) is 7.54. The van der Waals surface area contributed by atoms with Crippen molar-refractivity contribution >= 4 is 16.5 Å². The molecule has 2 N–H and O–H groups in total. The summed E-state index contributed by atoms with van der Waals surface area (Å²) in [6.07, 6.45) is 0.454. The topological polar surface area (TPSA) is 38.9 Å². The predicted octanol–water partition coefficient (Wildman–Crippen LogP) is 2.90. The number of nitrogens with zero attached hydrogens (tertiary/aromatic N) is 1. The standard InChI is InChI=1S/C11H10F2N2S/c1-6-10(16-11(14)15-6)4-7-2-8(12)5-9(13)3-7/h2-3,5H,4H2,1H3,(H2,14,15). The largest absolute Gasteiger partial charge is 0.375 e. The van der Waals surface area contributed by atoms with Crippen LogP contribution in [0.5, 0.6) is 0 Å². The minimum absolute atomic E-state index is 0.454. The van der Waals surface area contributed by atoms with E-state index < -0.39 is 11.6 Å². The summed E-state index contributed by atoms with van der Waals surface area (Å²) in [6.45, 7) is 1.83. The summed E-state index contributed by atoms with van der Waals surface area (Å²) in [4.78, 5) is 4.99. The van der Waals surface area contributed by atoms with Crippen molar-refractivity contribution in [3.63, 3.8) is 0 Å². The third-order valence-corrected chi connectivity index (χ3v) is 3.18. The van der Waals surface area contributed by atoms with Gasteiger partial charge in [-0.25, -0.2) is 13.8 Å². The smallest absolute Gasteiger partial charge is 0.180 e. The maximum atomic E-state index is 13.0. The Hall–Kier alpha value is -1.49. The lowest BCUT2D eigenvalue weighted by molar-refractivity contribution is 0.580. The van der Waals surface area contributed by atoms with Crippen molar-refractivity contribution in [2.75, 3.05) is 5.73 Å². The zero-order valence-corrected chi connectivity index (χ0v) is 9.44. The third kappa shape index (κ3) is 2.36. The van der Waals surface area contributed by atoms with E-state index >= 15 is 0 Å². The molecule has 2 rings (SSSR count). The molecule has 1 aromatic heterocycles. The Labute approximate surface area is 95.7 Å². The molecule has 0 aliphatic rings. The third-order valence-electron chi connectivity index (χ3n) is 2.20. The van der Waals surface area contributed by atoms with Crippen LogP contribution in [0.3, 0.4) is 0 Å². The first kappa shape index (κ1) is 11.0. The number of halogens is 2. The van der Waals surface area contributed by atoms with Crippen molar-refractivity contribution in [3.8, 4) is 0 Å². The average molecular weight is 240 g/mol. The maximum Gasteiger partial charge on any atom is 0.180 e. The molecule has 0 amide bonds. The summed E-state index contributed by atoms with van der Waals surface area (Å²) >= 11 is 1.34. The van der Waals surface area contributed by atoms with Crippen LogP contribution in [0.2, 0.25) is 0 Å². The summed E-state index contributed by atoms with van der Waals surface area (Å²) in [6, 6.07) is 3.49. The van der Waals surface area contributed by atoms with Gasteiger partial charge in [0.1, 0.15) is 11.6 Å². The van der Waals surface area contributed by atoms with E-state index in [-0.39, 0.29) is 0 Å². The van der Waals surface area contributed by atoms with Crippen LogP contribution < -0.4 is 5.73 Å². The fourth-order valence-electron chi connectivity index (χ4n) is 1.51. The Morgan fingerprint density at radius 2 is 1.88 bits per heavy atom. The van der Waals surface area contributed by atoms with E-state index in [0.29, 0.717) is 17.1 Å². The van der Waals surface area contributed by atoms with Gasteiger partial charge in [0.15, 0.2) is 5.13 Å². The molecule has 0 saturated heterocycles. The van der Waals surface area contributed by atoms with E-state index in [2.05, 4.69) is 4.98 Å². The Bertz CT molecular complexity index is 502. The van der Waals surface area contributed by atoms with Gasteiger partial charge < -0.3 is 5.73 Å². The monoisotopic (exact) mass is 240 g/mol. The summed E-state index contributed by atoms with van der Waals surface area (Å²) in [5, 5.41) is 0.476. The summed E-state index contributed by atoms with van der Waals surface area (Å²) < 4.78 is 25.9. The SMILES string of the molecule is Cc1nc(N)sc1Cc1cc(F)cc(F)c1. The van der Waals surface area contributed by atoms with Crippen molar-refractivity contribution in [3.05, 3.63) is 46.0 Å². The number of nitrogens with two attached hydrogens (primary N) is 1. The molecule has 2 nitrogen and oxygen atoms in total. The van der Waals surface area contributed by atoms with E-state index in [4.69, 9.17) is 5.73 Å². The van der Waals surface area contributed by atoms with Gasteiger partial charge in [-0.15, -0.1) is 11.3 Å². The predicted molar refractivity (Wildman–Crippen MR) is 60.4 cm³/mol. The number of aryl methyl sites for hydroxylation is 1. The highest BCUT2D eigenvalue weighted by atomic mass is 32.1. The zero-order chi connectivity index (χ0) is 11.7. The molecule has 0 saturated carbocycles. The van der Waals surface area contributed by atoms with Crippen LogP contribution in [0.4, 0.5) is 13.9 Å². The van der Waals surface area contributed by atoms with Crippen molar-refractivity contribution in [1.82, 2.24) is 4.98 Å². The van der Waals surface area contributed by atoms with Gasteiger partial charge in [-0.3, -0.25) is 0 Å². The normalized spacial score (nSPS) is 10.7. The highest BCUT2D eigenvalue weighted by Gasteiger charge is 2.08. The molecular formula is C11H10F2N2S. The lowest BCUT2D eigenvalue weighted by Crippen LogP contribution is -1.91. The van der Waals surface area contributed by atoms with E-state index in [1.165, 1.54) is 23.5 Å². The molecule has 1 heterocycles. The van der Waals surface area contributed by atoms with Crippen LogP contribution in [0.1, 0.15) is 16.1 Å². The quantitative estimate of drug-likeness (QED) is 0.876. The Morgan fingerprint density at radius 1 is 1.25 bits per heavy atom. The first-order valence-electron chi connectivity index (χ1n) is 4.71. The van der Waals surface area contributed by atoms with Gasteiger partial charge >= 0.3 is 0 Å². The van der Waals surface area contributed by atoms with Gasteiger partial charge in [-0.2, -0.15) is 0 Å². The lowest BCUT2D eigenvalue weighted by Gasteiger charge is -2.00. The summed E-state index contributed by atoms with van der Waals surface area (Å²) in [5.74, 6) is -1.13. The number of hydrogen-bond acceptors (Lipinski definition) is 3. The highest BCUT2D eigenvalue weighted by molar-refractivity contribution is 7.15. The number of nitrogen functional groups attached to an aromatic ring is 1. The van der Waals surface area contributed by atoms with Gasteiger partial charge in [0.2, 0.25) is 0 Å². The second-order valence-electron chi connectivity index (χ2n) is 3.52. The average Bonchev–Trinajstić information content (AvgIpc) is 2.43. The fraction of sp³-hybridized carbons (Fsp3) is 0.182. The van der Waals surface area contributed by atoms with Gasteiger partial charge in [-0.1, -0.05) is 0 Å². The van der Waals surface area contributed by atoms with Crippen LogP contribution in [0, 0.1) is 18.6 Å². The van der Waals surface area contributed by atoms with Crippen molar-refractivity contribution < 1.29 is 8.78 Å². The number of rotatable bonds is 2. The van der Waals surface area contributed by atoms with Crippen molar-refractivity contribution in [2.24, 2.45) is 0 Å².